The van der Waals surface area contributed by atoms with E-state index in [0.717, 1.165) is 5.56 Å². The molecule has 0 fully saturated rings. The summed E-state index contributed by atoms with van der Waals surface area (Å²) in [5.74, 6) is -0.726. The Morgan fingerprint density at radius 1 is 1.08 bits per heavy atom. The number of nitrogens with one attached hydrogen (secondary N) is 2. The average Bonchev–Trinajstić information content (AvgIpc) is 2.62. The molecule has 0 aliphatic heterocycles. The minimum atomic E-state index is -0.889. The molecule has 3 N–H and O–H groups in total. The number of carbonyl (C=O) groups is 2. The summed E-state index contributed by atoms with van der Waals surface area (Å²) in [7, 11) is 0. The van der Waals surface area contributed by atoms with Gasteiger partial charge < -0.3 is 9.84 Å². The first-order valence-electron chi connectivity index (χ1n) is 7.74. The Morgan fingerprint density at radius 2 is 1.76 bits per heavy atom. The van der Waals surface area contributed by atoms with Crippen molar-refractivity contribution in [2.75, 3.05) is 6.61 Å². The van der Waals surface area contributed by atoms with Gasteiger partial charge in [-0.15, -0.1) is 0 Å². The zero-order valence-electron chi connectivity index (χ0n) is 13.4. The first kappa shape index (κ1) is 18.8. The van der Waals surface area contributed by atoms with Crippen LogP contribution in [0.1, 0.15) is 24.4 Å². The smallest absolute Gasteiger partial charge is 0.303 e. The van der Waals surface area contributed by atoms with Gasteiger partial charge in [0.05, 0.1) is 6.04 Å². The van der Waals surface area contributed by atoms with Crippen LogP contribution in [0.5, 0.6) is 5.75 Å². The van der Waals surface area contributed by atoms with Crippen molar-refractivity contribution in [3.8, 4) is 5.75 Å². The first-order valence-corrected chi connectivity index (χ1v) is 8.12. The Hall–Kier alpha value is -2.57. The van der Waals surface area contributed by atoms with E-state index in [2.05, 4.69) is 10.9 Å². The Kier molecular flexibility index (Phi) is 7.25. The number of carboxylic acids is 1. The molecular formula is C18H19ClN2O4. The number of carboxylic acid groups (broad SMARTS) is 1. The fourth-order valence-corrected chi connectivity index (χ4v) is 2.28. The molecule has 1 atom stereocenters. The summed E-state index contributed by atoms with van der Waals surface area (Å²) in [6.45, 7) is -0.172. The lowest BCUT2D eigenvalue weighted by molar-refractivity contribution is -0.137. The van der Waals surface area contributed by atoms with Crippen molar-refractivity contribution < 1.29 is 19.4 Å². The van der Waals surface area contributed by atoms with Crippen LogP contribution in [0.4, 0.5) is 0 Å². The first-order chi connectivity index (χ1) is 12.0. The molecule has 25 heavy (non-hydrogen) atoms. The van der Waals surface area contributed by atoms with Gasteiger partial charge in [-0.05, 0) is 36.2 Å². The Morgan fingerprint density at radius 3 is 2.40 bits per heavy atom. The van der Waals surface area contributed by atoms with Crippen LogP contribution < -0.4 is 15.6 Å². The highest BCUT2D eigenvalue weighted by Crippen LogP contribution is 2.18. The lowest BCUT2D eigenvalue weighted by Crippen LogP contribution is -2.42. The Labute approximate surface area is 150 Å². The normalized spacial score (nSPS) is 11.6. The maximum absolute atomic E-state index is 11.9. The fourth-order valence-electron chi connectivity index (χ4n) is 2.16. The van der Waals surface area contributed by atoms with Crippen molar-refractivity contribution in [1.82, 2.24) is 10.9 Å². The monoisotopic (exact) mass is 362 g/mol. The van der Waals surface area contributed by atoms with E-state index in [1.165, 1.54) is 0 Å². The van der Waals surface area contributed by atoms with Gasteiger partial charge in [-0.3, -0.25) is 15.0 Å². The van der Waals surface area contributed by atoms with Gasteiger partial charge in [0.2, 0.25) is 0 Å². The summed E-state index contributed by atoms with van der Waals surface area (Å²) in [4.78, 5) is 22.7. The third kappa shape index (κ3) is 6.82. The van der Waals surface area contributed by atoms with Gasteiger partial charge in [0, 0.05) is 11.4 Å². The molecular weight excluding hydrogens is 344 g/mol. The summed E-state index contributed by atoms with van der Waals surface area (Å²) < 4.78 is 5.35. The van der Waals surface area contributed by atoms with Crippen LogP contribution in [0.2, 0.25) is 5.02 Å². The summed E-state index contributed by atoms with van der Waals surface area (Å²) >= 11 is 5.78. The zero-order chi connectivity index (χ0) is 18.1. The van der Waals surface area contributed by atoms with E-state index in [4.69, 9.17) is 21.4 Å². The molecule has 0 aromatic heterocycles. The van der Waals surface area contributed by atoms with Crippen molar-refractivity contribution in [2.24, 2.45) is 0 Å². The highest BCUT2D eigenvalue weighted by atomic mass is 35.5. The lowest BCUT2D eigenvalue weighted by Gasteiger charge is -2.19. The Bertz CT molecular complexity index is 692. The lowest BCUT2D eigenvalue weighted by atomic mass is 10.0. The van der Waals surface area contributed by atoms with Crippen molar-refractivity contribution >= 4 is 23.5 Å². The molecule has 132 valence electrons. The molecule has 1 amide bonds. The molecule has 2 rings (SSSR count). The number of benzene rings is 2. The van der Waals surface area contributed by atoms with E-state index >= 15 is 0 Å². The SMILES string of the molecule is O=C(O)CCC(NNC(=O)COc1ccc(Cl)cc1)c1ccccc1. The van der Waals surface area contributed by atoms with Crippen molar-refractivity contribution in [3.05, 3.63) is 65.2 Å². The quantitative estimate of drug-likeness (QED) is 0.597. The maximum Gasteiger partial charge on any atom is 0.303 e. The molecule has 2 aromatic rings. The standard InChI is InChI=1S/C18H19ClN2O4/c19-14-6-8-15(9-7-14)25-12-17(22)21-20-16(10-11-18(23)24)13-4-2-1-3-5-13/h1-9,16,20H,10-12H2,(H,21,22)(H,23,24). The number of hydrogen-bond donors (Lipinski definition) is 3. The highest BCUT2D eigenvalue weighted by molar-refractivity contribution is 6.30. The number of rotatable bonds is 9. The molecule has 0 heterocycles. The van der Waals surface area contributed by atoms with Gasteiger partial charge in [0.25, 0.3) is 5.91 Å². The number of amides is 1. The summed E-state index contributed by atoms with van der Waals surface area (Å²) in [6.07, 6.45) is 0.335. The molecule has 7 heteroatoms. The second-order valence-electron chi connectivity index (χ2n) is 5.33. The number of aliphatic carboxylic acids is 1. The molecule has 0 spiro atoms. The predicted molar refractivity (Wildman–Crippen MR) is 94.3 cm³/mol. The zero-order valence-corrected chi connectivity index (χ0v) is 14.2. The van der Waals surface area contributed by atoms with Gasteiger partial charge >= 0.3 is 5.97 Å². The van der Waals surface area contributed by atoms with E-state index in [-0.39, 0.29) is 25.0 Å². The number of halogens is 1. The molecule has 0 saturated heterocycles. The number of hydrazine groups is 1. The highest BCUT2D eigenvalue weighted by Gasteiger charge is 2.14. The molecule has 0 saturated carbocycles. The van der Waals surface area contributed by atoms with Gasteiger partial charge in [-0.1, -0.05) is 41.9 Å². The number of hydrogen-bond acceptors (Lipinski definition) is 4. The predicted octanol–water partition coefficient (Wildman–Crippen LogP) is 2.95. The van der Waals surface area contributed by atoms with Gasteiger partial charge in [0.1, 0.15) is 5.75 Å². The molecule has 0 aliphatic carbocycles. The van der Waals surface area contributed by atoms with Crippen LogP contribution in [0.15, 0.2) is 54.6 Å². The van der Waals surface area contributed by atoms with Crippen LogP contribution in [-0.2, 0) is 9.59 Å². The fraction of sp³-hybridized carbons (Fsp3) is 0.222. The minimum Gasteiger partial charge on any atom is -0.484 e. The summed E-state index contributed by atoms with van der Waals surface area (Å²) in [6, 6.07) is 15.7. The second kappa shape index (κ2) is 9.66. The van der Waals surface area contributed by atoms with Crippen molar-refractivity contribution in [2.45, 2.75) is 18.9 Å². The van der Waals surface area contributed by atoms with Crippen molar-refractivity contribution in [1.29, 1.82) is 0 Å². The molecule has 2 aromatic carbocycles. The van der Waals surface area contributed by atoms with Gasteiger partial charge in [0.15, 0.2) is 6.61 Å². The molecule has 6 nitrogen and oxygen atoms in total. The molecule has 0 bridgehead atoms. The maximum atomic E-state index is 11.9. The van der Waals surface area contributed by atoms with E-state index in [0.29, 0.717) is 17.2 Å². The molecule has 0 aliphatic rings. The second-order valence-corrected chi connectivity index (χ2v) is 5.77. The van der Waals surface area contributed by atoms with E-state index in [9.17, 15) is 9.59 Å². The average molecular weight is 363 g/mol. The third-order valence-electron chi connectivity index (χ3n) is 3.42. The topological polar surface area (TPSA) is 87.7 Å². The largest absolute Gasteiger partial charge is 0.484 e. The van der Waals surface area contributed by atoms with Crippen LogP contribution >= 0.6 is 11.6 Å². The summed E-state index contributed by atoms with van der Waals surface area (Å²) in [5, 5.41) is 9.46. The molecule has 1 unspecified atom stereocenters. The molecule has 0 radical (unpaired) electrons. The van der Waals surface area contributed by atoms with Gasteiger partial charge in [-0.25, -0.2) is 5.43 Å². The third-order valence-corrected chi connectivity index (χ3v) is 3.67. The van der Waals surface area contributed by atoms with Crippen molar-refractivity contribution in [3.63, 3.8) is 0 Å². The number of carbonyl (C=O) groups excluding carboxylic acids is 1. The van der Waals surface area contributed by atoms with Crippen LogP contribution in [0.25, 0.3) is 0 Å². The van der Waals surface area contributed by atoms with Crippen LogP contribution in [0.3, 0.4) is 0 Å². The van der Waals surface area contributed by atoms with Gasteiger partial charge in [-0.2, -0.15) is 0 Å². The summed E-state index contributed by atoms with van der Waals surface area (Å²) in [5.41, 5.74) is 6.32. The van der Waals surface area contributed by atoms with Crippen LogP contribution in [0, 0.1) is 0 Å². The Balaban J connectivity index is 1.85. The van der Waals surface area contributed by atoms with E-state index < -0.39 is 5.97 Å². The van der Waals surface area contributed by atoms with E-state index in [1.807, 2.05) is 30.3 Å². The van der Waals surface area contributed by atoms with E-state index in [1.54, 1.807) is 24.3 Å². The minimum absolute atomic E-state index is 0.0102. The number of ether oxygens (including phenoxy) is 1. The van der Waals surface area contributed by atoms with Crippen LogP contribution in [-0.4, -0.2) is 23.6 Å².